The third-order valence-corrected chi connectivity index (χ3v) is 3.22. The Kier molecular flexibility index (Phi) is 4.67. The summed E-state index contributed by atoms with van der Waals surface area (Å²) in [5.74, 6) is -0.172. The normalized spacial score (nSPS) is 19.3. The van der Waals surface area contributed by atoms with Gasteiger partial charge in [0.2, 0.25) is 0 Å². The lowest BCUT2D eigenvalue weighted by Gasteiger charge is -2.08. The largest absolute Gasteiger partial charge is 0.404 e. The van der Waals surface area contributed by atoms with Gasteiger partial charge < -0.3 is 19.6 Å². The summed E-state index contributed by atoms with van der Waals surface area (Å²) in [5, 5.41) is 14.4. The van der Waals surface area contributed by atoms with Crippen molar-refractivity contribution in [3.63, 3.8) is 0 Å². The summed E-state index contributed by atoms with van der Waals surface area (Å²) in [4.78, 5) is 10.1. The van der Waals surface area contributed by atoms with Crippen LogP contribution in [0.5, 0.6) is 0 Å². The van der Waals surface area contributed by atoms with Crippen molar-refractivity contribution in [2.24, 2.45) is 0 Å². The van der Waals surface area contributed by atoms with Crippen LogP contribution in [0.4, 0.5) is 5.82 Å². The zero-order valence-electron chi connectivity index (χ0n) is 9.75. The van der Waals surface area contributed by atoms with Crippen LogP contribution < -0.4 is 0 Å². The number of halogens is 1. The summed E-state index contributed by atoms with van der Waals surface area (Å²) in [6.07, 6.45) is 3.90. The average molecular weight is 320 g/mol. The highest BCUT2D eigenvalue weighted by Gasteiger charge is 2.19. The standard InChI is InChI=1S/C10H14BrN3O4/c11-9-6-13(12-10(9)14(15)16)3-5-17-7-8-2-1-4-18-8/h6,8H,1-5,7H2/t8-/m0/s1. The molecular formula is C10H14BrN3O4. The molecule has 8 heteroatoms. The zero-order valence-corrected chi connectivity index (χ0v) is 11.3. The average Bonchev–Trinajstić information content (AvgIpc) is 2.94. The van der Waals surface area contributed by atoms with Gasteiger partial charge in [0.05, 0.1) is 37.2 Å². The molecular weight excluding hydrogens is 306 g/mol. The molecule has 1 aliphatic rings. The van der Waals surface area contributed by atoms with Crippen LogP contribution in [0.25, 0.3) is 0 Å². The van der Waals surface area contributed by atoms with E-state index >= 15 is 0 Å². The first kappa shape index (κ1) is 13.4. The molecule has 0 aromatic carbocycles. The Morgan fingerprint density at radius 1 is 1.72 bits per heavy atom. The Hall–Kier alpha value is -0.990. The maximum atomic E-state index is 10.6. The highest BCUT2D eigenvalue weighted by Crippen LogP contribution is 2.21. The number of ether oxygens (including phenoxy) is 2. The third-order valence-electron chi connectivity index (χ3n) is 2.66. The van der Waals surface area contributed by atoms with Crippen molar-refractivity contribution in [1.29, 1.82) is 0 Å². The maximum Gasteiger partial charge on any atom is 0.404 e. The molecule has 2 heterocycles. The summed E-state index contributed by atoms with van der Waals surface area (Å²) in [6.45, 7) is 2.33. The smallest absolute Gasteiger partial charge is 0.377 e. The van der Waals surface area contributed by atoms with E-state index in [9.17, 15) is 10.1 Å². The molecule has 0 saturated carbocycles. The minimum absolute atomic E-state index is 0.172. The Labute approximate surface area is 112 Å². The molecule has 2 rings (SSSR count). The highest BCUT2D eigenvalue weighted by atomic mass is 79.9. The fraction of sp³-hybridized carbons (Fsp3) is 0.700. The minimum Gasteiger partial charge on any atom is -0.377 e. The van der Waals surface area contributed by atoms with Gasteiger partial charge in [-0.25, -0.2) is 0 Å². The molecule has 1 fully saturated rings. The Balaban J connectivity index is 1.72. The van der Waals surface area contributed by atoms with Gasteiger partial charge in [-0.15, -0.1) is 0 Å². The molecule has 0 amide bonds. The molecule has 1 saturated heterocycles. The van der Waals surface area contributed by atoms with Crippen LogP contribution in [0, 0.1) is 10.1 Å². The predicted molar refractivity (Wildman–Crippen MR) is 66.4 cm³/mol. The fourth-order valence-corrected chi connectivity index (χ4v) is 2.23. The Morgan fingerprint density at radius 3 is 3.17 bits per heavy atom. The summed E-state index contributed by atoms with van der Waals surface area (Å²) >= 11 is 3.09. The van der Waals surface area contributed by atoms with E-state index in [1.807, 2.05) is 0 Å². The second kappa shape index (κ2) is 6.26. The van der Waals surface area contributed by atoms with E-state index in [-0.39, 0.29) is 11.9 Å². The van der Waals surface area contributed by atoms with Crippen molar-refractivity contribution < 1.29 is 14.4 Å². The Bertz CT molecular complexity index is 417. The van der Waals surface area contributed by atoms with Crippen molar-refractivity contribution in [3.8, 4) is 0 Å². The second-order valence-electron chi connectivity index (χ2n) is 4.03. The van der Waals surface area contributed by atoms with Gasteiger partial charge in [0.25, 0.3) is 0 Å². The van der Waals surface area contributed by atoms with Crippen LogP contribution in [0.2, 0.25) is 0 Å². The van der Waals surface area contributed by atoms with E-state index in [0.717, 1.165) is 19.4 Å². The van der Waals surface area contributed by atoms with Crippen LogP contribution >= 0.6 is 15.9 Å². The quantitative estimate of drug-likeness (QED) is 0.453. The van der Waals surface area contributed by atoms with Crippen molar-refractivity contribution in [2.75, 3.05) is 19.8 Å². The van der Waals surface area contributed by atoms with E-state index < -0.39 is 4.92 Å². The van der Waals surface area contributed by atoms with Gasteiger partial charge in [0.15, 0.2) is 0 Å². The lowest BCUT2D eigenvalue weighted by molar-refractivity contribution is -0.390. The minimum atomic E-state index is -0.520. The molecule has 0 spiro atoms. The molecule has 1 atom stereocenters. The van der Waals surface area contributed by atoms with Crippen molar-refractivity contribution in [1.82, 2.24) is 9.78 Å². The monoisotopic (exact) mass is 319 g/mol. The lowest BCUT2D eigenvalue weighted by Crippen LogP contribution is -2.16. The van der Waals surface area contributed by atoms with Gasteiger partial charge in [-0.2, -0.15) is 4.68 Å². The van der Waals surface area contributed by atoms with E-state index in [0.29, 0.717) is 24.2 Å². The van der Waals surface area contributed by atoms with Crippen LogP contribution in [-0.4, -0.2) is 40.6 Å². The van der Waals surface area contributed by atoms with Gasteiger partial charge >= 0.3 is 5.82 Å². The predicted octanol–water partition coefficient (Wildman–Crippen LogP) is 1.75. The van der Waals surface area contributed by atoms with E-state index in [1.54, 1.807) is 6.20 Å². The molecule has 1 aromatic rings. The number of hydrogen-bond donors (Lipinski definition) is 0. The number of hydrogen-bond acceptors (Lipinski definition) is 5. The van der Waals surface area contributed by atoms with E-state index in [4.69, 9.17) is 9.47 Å². The number of rotatable bonds is 6. The van der Waals surface area contributed by atoms with Crippen LogP contribution in [-0.2, 0) is 16.0 Å². The van der Waals surface area contributed by atoms with Crippen LogP contribution in [0.3, 0.4) is 0 Å². The van der Waals surface area contributed by atoms with Crippen LogP contribution in [0.1, 0.15) is 12.8 Å². The molecule has 0 N–H and O–H groups in total. The number of nitrogens with zero attached hydrogens (tertiary/aromatic N) is 3. The molecule has 0 unspecified atom stereocenters. The summed E-state index contributed by atoms with van der Waals surface area (Å²) in [7, 11) is 0. The Morgan fingerprint density at radius 2 is 2.56 bits per heavy atom. The first-order chi connectivity index (χ1) is 8.66. The topological polar surface area (TPSA) is 79.4 Å². The first-order valence-corrected chi connectivity index (χ1v) is 6.53. The van der Waals surface area contributed by atoms with Gasteiger partial charge in [0.1, 0.15) is 4.47 Å². The van der Waals surface area contributed by atoms with Gasteiger partial charge in [-0.1, -0.05) is 0 Å². The van der Waals surface area contributed by atoms with Crippen molar-refractivity contribution in [3.05, 3.63) is 20.8 Å². The molecule has 18 heavy (non-hydrogen) atoms. The molecule has 1 aliphatic heterocycles. The lowest BCUT2D eigenvalue weighted by atomic mass is 10.2. The summed E-state index contributed by atoms with van der Waals surface area (Å²) in [6, 6.07) is 0. The molecule has 0 radical (unpaired) electrons. The SMILES string of the molecule is O=[N+]([O-])c1nn(CCOC[C@@H]2CCCO2)cc1Br. The first-order valence-electron chi connectivity index (χ1n) is 5.73. The third kappa shape index (κ3) is 3.50. The molecule has 0 aliphatic carbocycles. The van der Waals surface area contributed by atoms with Gasteiger partial charge in [-0.3, -0.25) is 0 Å². The summed E-state index contributed by atoms with van der Waals surface area (Å²) < 4.78 is 12.8. The van der Waals surface area contributed by atoms with E-state index in [2.05, 4.69) is 21.0 Å². The number of nitro groups is 1. The number of aromatic nitrogens is 2. The van der Waals surface area contributed by atoms with Crippen molar-refractivity contribution >= 4 is 21.7 Å². The maximum absolute atomic E-state index is 10.6. The van der Waals surface area contributed by atoms with Crippen molar-refractivity contribution in [2.45, 2.75) is 25.5 Å². The van der Waals surface area contributed by atoms with Gasteiger partial charge in [-0.05, 0) is 33.7 Å². The van der Waals surface area contributed by atoms with E-state index in [1.165, 1.54) is 4.68 Å². The highest BCUT2D eigenvalue weighted by molar-refractivity contribution is 9.10. The zero-order chi connectivity index (χ0) is 13.0. The fourth-order valence-electron chi connectivity index (χ4n) is 1.77. The van der Waals surface area contributed by atoms with Gasteiger partial charge in [0, 0.05) is 6.61 Å². The molecule has 100 valence electrons. The summed E-state index contributed by atoms with van der Waals surface area (Å²) in [5.41, 5.74) is 0. The second-order valence-corrected chi connectivity index (χ2v) is 4.89. The molecule has 1 aromatic heterocycles. The molecule has 7 nitrogen and oxygen atoms in total. The molecule has 0 bridgehead atoms. The van der Waals surface area contributed by atoms with Crippen LogP contribution in [0.15, 0.2) is 10.7 Å².